The summed E-state index contributed by atoms with van der Waals surface area (Å²) in [6.07, 6.45) is 14.5. The summed E-state index contributed by atoms with van der Waals surface area (Å²) >= 11 is 0. The van der Waals surface area contributed by atoms with Crippen LogP contribution in [0.4, 0.5) is 0 Å². The molecule has 4 nitrogen and oxygen atoms in total. The van der Waals surface area contributed by atoms with Crippen LogP contribution in [-0.2, 0) is 5.41 Å². The molecule has 2 heterocycles. The highest BCUT2D eigenvalue weighted by Gasteiger charge is 2.51. The number of aromatic nitrogens is 4. The second kappa shape index (κ2) is 14.2. The standard InChI is InChI=1S/C60H44N4/c1-37-27-29-39(30-28-37)57-61-58(41-31-33-49-48-20-9-13-26-55(48)64(56(49)36-41)42-15-4-3-5-16-42)63-59(62-57)44-22-14-21-43(38(44)2)40-32-34-54-50(35-40)47-19-8-12-25-53(47)60(54)51-23-10-6-17-45(51)46-18-7-11-24-52(46)60/h3-27,29-38,44H,28H2,1-2H3. The predicted molar refractivity (Wildman–Crippen MR) is 262 cm³/mol. The number of hydrogen-bond donors (Lipinski definition) is 0. The second-order valence-electron chi connectivity index (χ2n) is 18.0. The lowest BCUT2D eigenvalue weighted by molar-refractivity contribution is 0.613. The summed E-state index contributed by atoms with van der Waals surface area (Å²) in [5, 5.41) is 2.42. The second-order valence-corrected chi connectivity index (χ2v) is 18.0. The summed E-state index contributed by atoms with van der Waals surface area (Å²) in [6, 6.07) is 60.3. The number of para-hydroxylation sites is 2. The molecule has 3 atom stereocenters. The Kier molecular flexibility index (Phi) is 8.17. The van der Waals surface area contributed by atoms with Gasteiger partial charge in [0.05, 0.1) is 16.4 Å². The number of rotatable bonds is 5. The molecule has 1 spiro atoms. The molecule has 304 valence electrons. The van der Waals surface area contributed by atoms with Crippen molar-refractivity contribution in [3.05, 3.63) is 240 Å². The van der Waals surface area contributed by atoms with Gasteiger partial charge in [-0.2, -0.15) is 0 Å². The van der Waals surface area contributed by atoms with E-state index in [1.54, 1.807) is 0 Å². The Balaban J connectivity index is 0.927. The molecule has 7 aromatic carbocycles. The fraction of sp³-hybridized carbons (Fsp3) is 0.117. The van der Waals surface area contributed by atoms with Crippen LogP contribution in [0.1, 0.15) is 65.7 Å². The summed E-state index contributed by atoms with van der Waals surface area (Å²) in [5.74, 6) is 2.72. The number of hydrogen-bond acceptors (Lipinski definition) is 3. The molecule has 0 N–H and O–H groups in total. The van der Waals surface area contributed by atoms with Crippen molar-refractivity contribution >= 4 is 33.0 Å². The fourth-order valence-electron chi connectivity index (χ4n) is 11.4. The first kappa shape index (κ1) is 36.9. The Morgan fingerprint density at radius 1 is 0.531 bits per heavy atom. The van der Waals surface area contributed by atoms with E-state index >= 15 is 0 Å². The summed E-state index contributed by atoms with van der Waals surface area (Å²) in [6.45, 7) is 4.58. The van der Waals surface area contributed by atoms with Gasteiger partial charge >= 0.3 is 0 Å². The molecule has 2 aromatic heterocycles. The van der Waals surface area contributed by atoms with Crippen molar-refractivity contribution in [1.82, 2.24) is 19.5 Å². The fourth-order valence-corrected chi connectivity index (χ4v) is 11.4. The van der Waals surface area contributed by atoms with Crippen molar-refractivity contribution in [1.29, 1.82) is 0 Å². The molecule has 0 aliphatic heterocycles. The van der Waals surface area contributed by atoms with Crippen LogP contribution in [0.5, 0.6) is 0 Å². The topological polar surface area (TPSA) is 43.6 Å². The van der Waals surface area contributed by atoms with Gasteiger partial charge in [-0.3, -0.25) is 0 Å². The van der Waals surface area contributed by atoms with Crippen molar-refractivity contribution in [3.63, 3.8) is 0 Å². The van der Waals surface area contributed by atoms with Gasteiger partial charge < -0.3 is 4.57 Å². The van der Waals surface area contributed by atoms with Gasteiger partial charge in [0.1, 0.15) is 5.82 Å². The minimum absolute atomic E-state index is 0.0624. The Hall–Kier alpha value is -7.69. The molecular formula is C60H44N4. The van der Waals surface area contributed by atoms with Crippen molar-refractivity contribution in [2.45, 2.75) is 31.6 Å². The first-order chi connectivity index (χ1) is 31.6. The van der Waals surface area contributed by atoms with Gasteiger partial charge in [-0.25, -0.2) is 15.0 Å². The van der Waals surface area contributed by atoms with Crippen LogP contribution in [0.25, 0.3) is 72.3 Å². The van der Waals surface area contributed by atoms with Gasteiger partial charge in [0, 0.05) is 33.5 Å². The maximum atomic E-state index is 5.40. The zero-order chi connectivity index (χ0) is 42.5. The highest BCUT2D eigenvalue weighted by Crippen LogP contribution is 2.63. The van der Waals surface area contributed by atoms with E-state index in [2.05, 4.69) is 219 Å². The lowest BCUT2D eigenvalue weighted by atomic mass is 9.70. The van der Waals surface area contributed by atoms with E-state index in [0.29, 0.717) is 11.7 Å². The zero-order valence-corrected chi connectivity index (χ0v) is 35.8. The number of allylic oxidation sites excluding steroid dienone is 8. The first-order valence-electron chi connectivity index (χ1n) is 22.6. The quantitative estimate of drug-likeness (QED) is 0.174. The molecule has 9 aromatic rings. The lowest BCUT2D eigenvalue weighted by Crippen LogP contribution is -2.25. The molecule has 0 radical (unpaired) electrons. The molecule has 0 amide bonds. The molecule has 0 saturated carbocycles. The number of nitrogens with zero attached hydrogens (tertiary/aromatic N) is 4. The predicted octanol–water partition coefficient (Wildman–Crippen LogP) is 14.3. The molecule has 0 bridgehead atoms. The van der Waals surface area contributed by atoms with Crippen molar-refractivity contribution < 1.29 is 0 Å². The van der Waals surface area contributed by atoms with E-state index in [-0.39, 0.29) is 17.3 Å². The van der Waals surface area contributed by atoms with E-state index in [0.717, 1.165) is 40.4 Å². The maximum absolute atomic E-state index is 5.40. The zero-order valence-electron chi connectivity index (χ0n) is 35.8. The molecule has 3 unspecified atom stereocenters. The Morgan fingerprint density at radius 2 is 1.16 bits per heavy atom. The molecule has 64 heavy (non-hydrogen) atoms. The molecular weight excluding hydrogens is 777 g/mol. The van der Waals surface area contributed by atoms with Crippen LogP contribution < -0.4 is 0 Å². The molecule has 13 rings (SSSR count). The van der Waals surface area contributed by atoms with Gasteiger partial charge in [-0.1, -0.05) is 184 Å². The highest BCUT2D eigenvalue weighted by molar-refractivity contribution is 6.10. The molecule has 4 heteroatoms. The van der Waals surface area contributed by atoms with Crippen LogP contribution in [0.2, 0.25) is 0 Å². The highest BCUT2D eigenvalue weighted by atomic mass is 15.0. The van der Waals surface area contributed by atoms with Gasteiger partial charge in [0.15, 0.2) is 11.6 Å². The summed E-state index contributed by atoms with van der Waals surface area (Å²) < 4.78 is 2.36. The largest absolute Gasteiger partial charge is 0.309 e. The third-order valence-electron chi connectivity index (χ3n) is 14.4. The average Bonchev–Trinajstić information content (AvgIpc) is 3.96. The smallest absolute Gasteiger partial charge is 0.163 e. The van der Waals surface area contributed by atoms with E-state index in [1.807, 2.05) is 0 Å². The van der Waals surface area contributed by atoms with Crippen LogP contribution in [0.3, 0.4) is 0 Å². The molecule has 0 fully saturated rings. The Labute approximate surface area is 373 Å². The minimum atomic E-state index is -0.358. The SMILES string of the molecule is CC1C=CC(c2nc(-c3ccc4c5ccccc5n(-c5ccccc5)c4c3)nc(C3C=CC=C(c4ccc5c(c4)-c4ccccc4C54c5ccccc5-c5ccccc54)C3C)n2)=CC1. The van der Waals surface area contributed by atoms with E-state index in [1.165, 1.54) is 71.9 Å². The van der Waals surface area contributed by atoms with Crippen LogP contribution in [-0.4, -0.2) is 19.5 Å². The monoisotopic (exact) mass is 820 g/mol. The third kappa shape index (κ3) is 5.32. The third-order valence-corrected chi connectivity index (χ3v) is 14.4. The molecule has 4 aliphatic carbocycles. The Bertz CT molecular complexity index is 3480. The van der Waals surface area contributed by atoms with Crippen molar-refractivity contribution in [2.75, 3.05) is 0 Å². The number of fused-ring (bicyclic) bond motifs is 13. The number of benzene rings is 7. The van der Waals surface area contributed by atoms with Crippen LogP contribution in [0, 0.1) is 11.8 Å². The Morgan fingerprint density at radius 3 is 1.89 bits per heavy atom. The lowest BCUT2D eigenvalue weighted by Gasteiger charge is -2.31. The summed E-state index contributed by atoms with van der Waals surface area (Å²) in [5.41, 5.74) is 18.3. The average molecular weight is 821 g/mol. The van der Waals surface area contributed by atoms with E-state index in [9.17, 15) is 0 Å². The summed E-state index contributed by atoms with van der Waals surface area (Å²) in [4.78, 5) is 16.0. The first-order valence-corrected chi connectivity index (χ1v) is 22.6. The van der Waals surface area contributed by atoms with Crippen molar-refractivity contribution in [3.8, 4) is 39.3 Å². The minimum Gasteiger partial charge on any atom is -0.309 e. The molecule has 0 saturated heterocycles. The van der Waals surface area contributed by atoms with Crippen molar-refractivity contribution in [2.24, 2.45) is 11.8 Å². The molecule has 4 aliphatic rings. The normalized spacial score (nSPS) is 18.8. The maximum Gasteiger partial charge on any atom is 0.163 e. The van der Waals surface area contributed by atoms with Crippen LogP contribution in [0.15, 0.2) is 200 Å². The van der Waals surface area contributed by atoms with Crippen LogP contribution >= 0.6 is 0 Å². The summed E-state index contributed by atoms with van der Waals surface area (Å²) in [7, 11) is 0. The van der Waals surface area contributed by atoms with Gasteiger partial charge in [-0.15, -0.1) is 0 Å². The van der Waals surface area contributed by atoms with E-state index < -0.39 is 0 Å². The van der Waals surface area contributed by atoms with Gasteiger partial charge in [0.2, 0.25) is 0 Å². The van der Waals surface area contributed by atoms with Gasteiger partial charge in [-0.05, 0) is 104 Å². The van der Waals surface area contributed by atoms with E-state index in [4.69, 9.17) is 15.0 Å². The van der Waals surface area contributed by atoms with Gasteiger partial charge in [0.25, 0.3) is 0 Å².